The van der Waals surface area contributed by atoms with Gasteiger partial charge in [-0.05, 0) is 67.5 Å². The highest BCUT2D eigenvalue weighted by Gasteiger charge is 2.45. The molecule has 2 fully saturated rings. The zero-order chi connectivity index (χ0) is 22.4. The van der Waals surface area contributed by atoms with Gasteiger partial charge in [0, 0.05) is 12.5 Å². The summed E-state index contributed by atoms with van der Waals surface area (Å²) in [6.45, 7) is 4.61. The number of nitrogens with zero attached hydrogens (tertiary/aromatic N) is 1. The maximum absolute atomic E-state index is 13.5. The van der Waals surface area contributed by atoms with E-state index in [4.69, 9.17) is 0 Å². The standard InChI is InChI=1S/C26H29N3O3/c1-15-6-5-9-19(16(15)2)18-10-11-21-20(14-18)26(32)29-13-12-22(23(29)25(31)27-21)28-24(30)17-7-3-4-8-17/h5-6,9-11,14,17,22-23H,3-4,7-8,12-13H2,1-2H3,(H,27,31)(H,28,30). The van der Waals surface area contributed by atoms with Gasteiger partial charge in [0.05, 0.1) is 17.3 Å². The molecule has 6 nitrogen and oxygen atoms in total. The molecule has 2 N–H and O–H groups in total. The number of amides is 3. The highest BCUT2D eigenvalue weighted by atomic mass is 16.2. The van der Waals surface area contributed by atoms with Gasteiger partial charge in [-0.25, -0.2) is 0 Å². The normalized spacial score (nSPS) is 22.9. The molecular weight excluding hydrogens is 402 g/mol. The van der Waals surface area contributed by atoms with E-state index in [1.165, 1.54) is 11.1 Å². The summed E-state index contributed by atoms with van der Waals surface area (Å²) < 4.78 is 0. The van der Waals surface area contributed by atoms with Gasteiger partial charge < -0.3 is 15.5 Å². The van der Waals surface area contributed by atoms with Crippen LogP contribution in [0.4, 0.5) is 5.69 Å². The zero-order valence-corrected chi connectivity index (χ0v) is 18.6. The molecule has 0 spiro atoms. The van der Waals surface area contributed by atoms with Crippen LogP contribution in [-0.4, -0.2) is 41.2 Å². The number of carbonyl (C=O) groups is 3. The summed E-state index contributed by atoms with van der Waals surface area (Å²) in [5, 5.41) is 6.03. The van der Waals surface area contributed by atoms with Crippen LogP contribution in [0.5, 0.6) is 0 Å². The van der Waals surface area contributed by atoms with Gasteiger partial charge in [-0.2, -0.15) is 0 Å². The van der Waals surface area contributed by atoms with Crippen molar-refractivity contribution >= 4 is 23.4 Å². The molecule has 3 amide bonds. The molecule has 3 aliphatic rings. The van der Waals surface area contributed by atoms with Crippen LogP contribution in [0.2, 0.25) is 0 Å². The smallest absolute Gasteiger partial charge is 0.256 e. The Morgan fingerprint density at radius 3 is 2.59 bits per heavy atom. The first-order valence-corrected chi connectivity index (χ1v) is 11.6. The highest BCUT2D eigenvalue weighted by molar-refractivity contribution is 6.11. The Bertz CT molecular complexity index is 1100. The molecule has 0 radical (unpaired) electrons. The van der Waals surface area contributed by atoms with E-state index in [9.17, 15) is 14.4 Å². The molecule has 2 aromatic carbocycles. The number of anilines is 1. The van der Waals surface area contributed by atoms with E-state index in [0.29, 0.717) is 24.2 Å². The number of fused-ring (bicyclic) bond motifs is 2. The minimum absolute atomic E-state index is 0.0218. The molecule has 1 saturated carbocycles. The van der Waals surface area contributed by atoms with Gasteiger partial charge in [0.1, 0.15) is 6.04 Å². The number of aryl methyl sites for hydroxylation is 1. The summed E-state index contributed by atoms with van der Waals surface area (Å²) in [6, 6.07) is 10.8. The van der Waals surface area contributed by atoms with Gasteiger partial charge in [-0.1, -0.05) is 37.1 Å². The van der Waals surface area contributed by atoms with Crippen LogP contribution in [0.25, 0.3) is 11.1 Å². The second-order valence-corrected chi connectivity index (χ2v) is 9.33. The van der Waals surface area contributed by atoms with Crippen molar-refractivity contribution < 1.29 is 14.4 Å². The van der Waals surface area contributed by atoms with Crippen LogP contribution in [0.15, 0.2) is 36.4 Å². The van der Waals surface area contributed by atoms with E-state index >= 15 is 0 Å². The second-order valence-electron chi connectivity index (χ2n) is 9.33. The minimum Gasteiger partial charge on any atom is -0.350 e. The van der Waals surface area contributed by atoms with Crippen LogP contribution in [0, 0.1) is 19.8 Å². The predicted octanol–water partition coefficient (Wildman–Crippen LogP) is 3.81. The summed E-state index contributed by atoms with van der Waals surface area (Å²) in [4.78, 5) is 40.9. The van der Waals surface area contributed by atoms with Crippen LogP contribution >= 0.6 is 0 Å². The van der Waals surface area contributed by atoms with Crippen molar-refractivity contribution in [3.63, 3.8) is 0 Å². The Hall–Kier alpha value is -3.15. The molecular formula is C26H29N3O3. The molecule has 2 unspecified atom stereocenters. The molecule has 1 saturated heterocycles. The maximum Gasteiger partial charge on any atom is 0.256 e. The molecule has 166 valence electrons. The Morgan fingerprint density at radius 2 is 1.81 bits per heavy atom. The summed E-state index contributed by atoms with van der Waals surface area (Å²) >= 11 is 0. The van der Waals surface area contributed by atoms with Crippen molar-refractivity contribution in [1.82, 2.24) is 10.2 Å². The first-order chi connectivity index (χ1) is 15.4. The molecule has 0 aromatic heterocycles. The second kappa shape index (κ2) is 8.08. The number of hydrogen-bond acceptors (Lipinski definition) is 3. The Kier molecular flexibility index (Phi) is 5.24. The number of nitrogens with one attached hydrogen (secondary N) is 2. The third kappa shape index (κ3) is 3.48. The minimum atomic E-state index is -0.676. The first-order valence-electron chi connectivity index (χ1n) is 11.6. The molecule has 0 bridgehead atoms. The van der Waals surface area contributed by atoms with E-state index in [1.807, 2.05) is 24.3 Å². The average Bonchev–Trinajstić information content (AvgIpc) is 3.44. The van der Waals surface area contributed by atoms with Crippen LogP contribution in [0.3, 0.4) is 0 Å². The molecule has 32 heavy (non-hydrogen) atoms. The van der Waals surface area contributed by atoms with Gasteiger partial charge in [-0.3, -0.25) is 14.4 Å². The molecule has 2 aromatic rings. The van der Waals surface area contributed by atoms with Crippen LogP contribution < -0.4 is 10.6 Å². The van der Waals surface area contributed by atoms with Crippen molar-refractivity contribution in [2.45, 2.75) is 58.0 Å². The Morgan fingerprint density at radius 1 is 1.03 bits per heavy atom. The molecule has 2 atom stereocenters. The van der Waals surface area contributed by atoms with Crippen LogP contribution in [-0.2, 0) is 9.59 Å². The third-order valence-electron chi connectivity index (χ3n) is 7.40. The highest BCUT2D eigenvalue weighted by Crippen LogP contribution is 2.34. The van der Waals surface area contributed by atoms with Crippen molar-refractivity contribution in [2.24, 2.45) is 5.92 Å². The van der Waals surface area contributed by atoms with E-state index in [1.54, 1.807) is 4.90 Å². The van der Waals surface area contributed by atoms with Crippen molar-refractivity contribution in [2.75, 3.05) is 11.9 Å². The summed E-state index contributed by atoms with van der Waals surface area (Å²) in [5.41, 5.74) is 5.43. The third-order valence-corrected chi connectivity index (χ3v) is 7.40. The van der Waals surface area contributed by atoms with Crippen molar-refractivity contribution in [3.8, 4) is 11.1 Å². The first kappa shape index (κ1) is 20.7. The van der Waals surface area contributed by atoms with Gasteiger partial charge >= 0.3 is 0 Å². The van der Waals surface area contributed by atoms with E-state index < -0.39 is 6.04 Å². The lowest BCUT2D eigenvalue weighted by atomic mass is 9.95. The van der Waals surface area contributed by atoms with Gasteiger partial charge in [-0.15, -0.1) is 0 Å². The van der Waals surface area contributed by atoms with E-state index in [2.05, 4.69) is 36.6 Å². The molecule has 2 aliphatic heterocycles. The number of hydrogen-bond donors (Lipinski definition) is 2. The van der Waals surface area contributed by atoms with Gasteiger partial charge in [0.2, 0.25) is 11.8 Å². The largest absolute Gasteiger partial charge is 0.350 e. The maximum atomic E-state index is 13.5. The average molecular weight is 432 g/mol. The van der Waals surface area contributed by atoms with E-state index in [-0.39, 0.29) is 29.7 Å². The topological polar surface area (TPSA) is 78.5 Å². The number of carbonyl (C=O) groups excluding carboxylic acids is 3. The quantitative estimate of drug-likeness (QED) is 0.776. The Labute approximate surface area is 188 Å². The summed E-state index contributed by atoms with van der Waals surface area (Å²) in [6.07, 6.45) is 4.56. The number of rotatable bonds is 3. The number of benzene rings is 2. The zero-order valence-electron chi connectivity index (χ0n) is 18.6. The fourth-order valence-electron chi connectivity index (χ4n) is 5.41. The van der Waals surface area contributed by atoms with E-state index in [0.717, 1.165) is 36.8 Å². The fourth-order valence-corrected chi connectivity index (χ4v) is 5.41. The van der Waals surface area contributed by atoms with Gasteiger partial charge in [0.15, 0.2) is 0 Å². The molecule has 6 heteroatoms. The molecule has 1 aliphatic carbocycles. The Balaban J connectivity index is 1.44. The van der Waals surface area contributed by atoms with Gasteiger partial charge in [0.25, 0.3) is 5.91 Å². The lowest BCUT2D eigenvalue weighted by molar-refractivity contribution is -0.126. The van der Waals surface area contributed by atoms with Crippen molar-refractivity contribution in [3.05, 3.63) is 53.1 Å². The predicted molar refractivity (Wildman–Crippen MR) is 123 cm³/mol. The fraction of sp³-hybridized carbons (Fsp3) is 0.423. The summed E-state index contributed by atoms with van der Waals surface area (Å²) in [5.74, 6) is -0.335. The molecule has 5 rings (SSSR count). The summed E-state index contributed by atoms with van der Waals surface area (Å²) in [7, 11) is 0. The van der Waals surface area contributed by atoms with Crippen molar-refractivity contribution in [1.29, 1.82) is 0 Å². The lowest BCUT2D eigenvalue weighted by Gasteiger charge is -2.25. The lowest BCUT2D eigenvalue weighted by Crippen LogP contribution is -2.52. The SMILES string of the molecule is Cc1cccc(-c2ccc3c(c2)C(=O)N2CCC(NC(=O)C4CCCC4)C2C(=O)N3)c1C. The monoisotopic (exact) mass is 431 g/mol. The van der Waals surface area contributed by atoms with Crippen LogP contribution in [0.1, 0.15) is 53.6 Å². The molecule has 2 heterocycles.